The molecule has 1 aliphatic carbocycles. The summed E-state index contributed by atoms with van der Waals surface area (Å²) in [6.45, 7) is 0.355. The SMILES string of the molecule is O=C(NCc1ccco1)c1c(/N=C\c2ccc(-c3cccc(Br)c3)o2)sc2c1CCCC2. The molecule has 1 N–H and O–H groups in total. The lowest BCUT2D eigenvalue weighted by atomic mass is 9.95. The van der Waals surface area contributed by atoms with Crippen LogP contribution in [0.15, 0.2) is 73.1 Å². The first kappa shape index (κ1) is 21.0. The molecule has 1 aromatic carbocycles. The van der Waals surface area contributed by atoms with Gasteiger partial charge in [0, 0.05) is 14.9 Å². The summed E-state index contributed by atoms with van der Waals surface area (Å²) in [7, 11) is 0. The van der Waals surface area contributed by atoms with Crippen LogP contribution in [0.3, 0.4) is 0 Å². The second kappa shape index (κ2) is 9.30. The Bertz CT molecular complexity index is 1270. The first-order valence-electron chi connectivity index (χ1n) is 10.5. The number of hydrogen-bond donors (Lipinski definition) is 1. The Labute approximate surface area is 198 Å². The number of nitrogens with zero attached hydrogens (tertiary/aromatic N) is 1. The van der Waals surface area contributed by atoms with Crippen molar-refractivity contribution in [1.82, 2.24) is 5.32 Å². The number of carbonyl (C=O) groups is 1. The fraction of sp³-hybridized carbons (Fsp3) is 0.200. The minimum atomic E-state index is -0.109. The normalized spacial score (nSPS) is 13.4. The second-order valence-electron chi connectivity index (χ2n) is 7.62. The number of amides is 1. The average Bonchev–Trinajstić information content (AvgIpc) is 3.55. The van der Waals surface area contributed by atoms with Crippen LogP contribution in [0, 0.1) is 0 Å². The van der Waals surface area contributed by atoms with Crippen molar-refractivity contribution in [2.75, 3.05) is 0 Å². The minimum Gasteiger partial charge on any atom is -0.467 e. The lowest BCUT2D eigenvalue weighted by Crippen LogP contribution is -2.23. The highest BCUT2D eigenvalue weighted by atomic mass is 79.9. The lowest BCUT2D eigenvalue weighted by Gasteiger charge is -2.12. The van der Waals surface area contributed by atoms with E-state index in [0.29, 0.717) is 17.9 Å². The van der Waals surface area contributed by atoms with Crippen molar-refractivity contribution in [3.8, 4) is 11.3 Å². The van der Waals surface area contributed by atoms with Gasteiger partial charge in [-0.15, -0.1) is 11.3 Å². The number of hydrogen-bond acceptors (Lipinski definition) is 5. The molecule has 3 aromatic heterocycles. The fourth-order valence-electron chi connectivity index (χ4n) is 3.89. The summed E-state index contributed by atoms with van der Waals surface area (Å²) in [5.41, 5.74) is 2.81. The van der Waals surface area contributed by atoms with Gasteiger partial charge in [-0.3, -0.25) is 4.79 Å². The maximum atomic E-state index is 13.1. The van der Waals surface area contributed by atoms with Gasteiger partial charge in [0.1, 0.15) is 22.3 Å². The molecule has 4 aromatic rings. The van der Waals surface area contributed by atoms with Gasteiger partial charge in [0.05, 0.1) is 24.6 Å². The van der Waals surface area contributed by atoms with Crippen LogP contribution in [-0.2, 0) is 19.4 Å². The van der Waals surface area contributed by atoms with Crippen molar-refractivity contribution in [3.05, 3.63) is 86.8 Å². The number of aliphatic imine (C=N–C) groups is 1. The zero-order valence-electron chi connectivity index (χ0n) is 17.3. The third-order valence-electron chi connectivity index (χ3n) is 5.43. The van der Waals surface area contributed by atoms with E-state index in [4.69, 9.17) is 8.83 Å². The van der Waals surface area contributed by atoms with Crippen molar-refractivity contribution in [1.29, 1.82) is 0 Å². The van der Waals surface area contributed by atoms with E-state index in [1.165, 1.54) is 4.88 Å². The molecule has 0 unspecified atom stereocenters. The molecule has 7 heteroatoms. The van der Waals surface area contributed by atoms with Crippen LogP contribution in [0.1, 0.15) is 45.2 Å². The quantitative estimate of drug-likeness (QED) is 0.287. The van der Waals surface area contributed by atoms with Crippen molar-refractivity contribution >= 4 is 44.4 Å². The molecule has 0 spiro atoms. The van der Waals surface area contributed by atoms with E-state index in [1.807, 2.05) is 48.5 Å². The van der Waals surface area contributed by atoms with Crippen LogP contribution in [0.5, 0.6) is 0 Å². The van der Waals surface area contributed by atoms with Crippen molar-refractivity contribution in [2.45, 2.75) is 32.2 Å². The number of nitrogens with one attached hydrogen (secondary N) is 1. The molecule has 5 rings (SSSR count). The highest BCUT2D eigenvalue weighted by Crippen LogP contribution is 2.40. The zero-order chi connectivity index (χ0) is 21.9. The van der Waals surface area contributed by atoms with Crippen LogP contribution < -0.4 is 5.32 Å². The van der Waals surface area contributed by atoms with Crippen molar-refractivity contribution in [2.24, 2.45) is 4.99 Å². The Balaban J connectivity index is 1.40. The van der Waals surface area contributed by atoms with Crippen molar-refractivity contribution in [3.63, 3.8) is 0 Å². The van der Waals surface area contributed by atoms with E-state index in [0.717, 1.165) is 57.8 Å². The molecular weight excluding hydrogens is 488 g/mol. The highest BCUT2D eigenvalue weighted by molar-refractivity contribution is 9.10. The molecule has 0 saturated carbocycles. The number of fused-ring (bicyclic) bond motifs is 1. The van der Waals surface area contributed by atoms with Crippen LogP contribution in [0.4, 0.5) is 5.00 Å². The predicted molar refractivity (Wildman–Crippen MR) is 130 cm³/mol. The number of benzene rings is 1. The van der Waals surface area contributed by atoms with Gasteiger partial charge in [0.25, 0.3) is 5.91 Å². The molecule has 0 atom stereocenters. The van der Waals surface area contributed by atoms with Gasteiger partial charge in [0.2, 0.25) is 0 Å². The zero-order valence-corrected chi connectivity index (χ0v) is 19.7. The molecule has 3 heterocycles. The Morgan fingerprint density at radius 1 is 1.16 bits per heavy atom. The van der Waals surface area contributed by atoms with E-state index in [-0.39, 0.29) is 5.91 Å². The number of rotatable bonds is 6. The van der Waals surface area contributed by atoms with Gasteiger partial charge in [-0.1, -0.05) is 28.1 Å². The molecule has 1 amide bonds. The lowest BCUT2D eigenvalue weighted by molar-refractivity contribution is 0.0948. The van der Waals surface area contributed by atoms with Gasteiger partial charge < -0.3 is 14.2 Å². The minimum absolute atomic E-state index is 0.109. The molecule has 32 heavy (non-hydrogen) atoms. The summed E-state index contributed by atoms with van der Waals surface area (Å²) in [4.78, 5) is 19.0. The van der Waals surface area contributed by atoms with Crippen LogP contribution in [0.2, 0.25) is 0 Å². The van der Waals surface area contributed by atoms with E-state index in [2.05, 4.69) is 26.2 Å². The molecule has 0 bridgehead atoms. The number of carbonyl (C=O) groups excluding carboxylic acids is 1. The smallest absolute Gasteiger partial charge is 0.255 e. The highest BCUT2D eigenvalue weighted by Gasteiger charge is 2.25. The number of halogens is 1. The third-order valence-corrected chi connectivity index (χ3v) is 7.12. The van der Waals surface area contributed by atoms with E-state index < -0.39 is 0 Å². The summed E-state index contributed by atoms with van der Waals surface area (Å²) in [6.07, 6.45) is 7.47. The average molecular weight is 509 g/mol. The Hall–Kier alpha value is -2.90. The summed E-state index contributed by atoms with van der Waals surface area (Å²) in [6, 6.07) is 15.4. The predicted octanol–water partition coefficient (Wildman–Crippen LogP) is 6.92. The van der Waals surface area contributed by atoms with Gasteiger partial charge in [-0.2, -0.15) is 0 Å². The molecule has 0 aliphatic heterocycles. The molecule has 1 aliphatic rings. The van der Waals surface area contributed by atoms with Gasteiger partial charge in [-0.25, -0.2) is 4.99 Å². The summed E-state index contributed by atoms with van der Waals surface area (Å²) in [5, 5.41) is 3.71. The topological polar surface area (TPSA) is 67.7 Å². The third kappa shape index (κ3) is 4.49. The fourth-order valence-corrected chi connectivity index (χ4v) is 5.52. The summed E-state index contributed by atoms with van der Waals surface area (Å²) < 4.78 is 12.3. The monoisotopic (exact) mass is 508 g/mol. The Morgan fingerprint density at radius 2 is 2.06 bits per heavy atom. The largest absolute Gasteiger partial charge is 0.467 e. The molecule has 5 nitrogen and oxygen atoms in total. The number of furan rings is 2. The molecular formula is C25H21BrN2O3S. The number of thiophene rings is 1. The van der Waals surface area contributed by atoms with Gasteiger partial charge >= 0.3 is 0 Å². The van der Waals surface area contributed by atoms with Crippen LogP contribution in [-0.4, -0.2) is 12.1 Å². The molecule has 0 saturated heterocycles. The van der Waals surface area contributed by atoms with Crippen molar-refractivity contribution < 1.29 is 13.6 Å². The van der Waals surface area contributed by atoms with E-state index >= 15 is 0 Å². The maximum absolute atomic E-state index is 13.1. The molecule has 0 radical (unpaired) electrons. The molecule has 162 valence electrons. The second-order valence-corrected chi connectivity index (χ2v) is 9.62. The first-order chi connectivity index (χ1) is 15.7. The first-order valence-corrected chi connectivity index (χ1v) is 12.1. The summed E-state index contributed by atoms with van der Waals surface area (Å²) >= 11 is 5.10. The molecule has 0 fully saturated rings. The maximum Gasteiger partial charge on any atom is 0.255 e. The summed E-state index contributed by atoms with van der Waals surface area (Å²) in [5.74, 6) is 2.04. The van der Waals surface area contributed by atoms with E-state index in [9.17, 15) is 4.79 Å². The van der Waals surface area contributed by atoms with Crippen LogP contribution >= 0.6 is 27.3 Å². The van der Waals surface area contributed by atoms with E-state index in [1.54, 1.807) is 23.8 Å². The van der Waals surface area contributed by atoms with Crippen LogP contribution in [0.25, 0.3) is 11.3 Å². The Kier molecular flexibility index (Phi) is 6.10. The Morgan fingerprint density at radius 3 is 2.91 bits per heavy atom. The number of aryl methyl sites for hydroxylation is 1. The van der Waals surface area contributed by atoms with Gasteiger partial charge in [0.15, 0.2) is 0 Å². The van der Waals surface area contributed by atoms with Gasteiger partial charge in [-0.05, 0) is 67.6 Å². The standard InChI is InChI=1S/C25H21BrN2O3S/c26-17-6-3-5-16(13-17)21-11-10-19(31-21)15-28-25-23(20-8-1-2-9-22(20)32-25)24(29)27-14-18-7-4-12-30-18/h3-7,10-13,15H,1-2,8-9,14H2,(H,27,29)/b28-15-.